The van der Waals surface area contributed by atoms with Crippen molar-refractivity contribution >= 4 is 5.91 Å². The summed E-state index contributed by atoms with van der Waals surface area (Å²) in [6, 6.07) is 1.95. The van der Waals surface area contributed by atoms with Gasteiger partial charge in [-0.05, 0) is 6.92 Å². The molecule has 1 saturated heterocycles. The number of nitrogens with zero attached hydrogens (tertiary/aromatic N) is 3. The third kappa shape index (κ3) is 3.30. The molecule has 1 aliphatic rings. The normalized spacial score (nSPS) is 17.1. The number of carbonyl (C=O) groups is 1. The Morgan fingerprint density at radius 3 is 2.72 bits per heavy atom. The maximum Gasteiger partial charge on any atom is 0.248 e. The van der Waals surface area contributed by atoms with E-state index in [1.165, 1.54) is 0 Å². The second-order valence-electron chi connectivity index (χ2n) is 4.52. The topological polar surface area (TPSA) is 58.8 Å². The van der Waals surface area contributed by atoms with Gasteiger partial charge in [0.05, 0.1) is 5.69 Å². The van der Waals surface area contributed by atoms with Crippen molar-refractivity contribution in [2.45, 2.75) is 13.5 Å². The van der Waals surface area contributed by atoms with Crippen molar-refractivity contribution in [1.29, 1.82) is 0 Å². The lowest BCUT2D eigenvalue weighted by molar-refractivity contribution is -0.136. The van der Waals surface area contributed by atoms with Crippen LogP contribution in [0.15, 0.2) is 10.6 Å². The third-order valence-electron chi connectivity index (χ3n) is 3.06. The van der Waals surface area contributed by atoms with Crippen molar-refractivity contribution in [3.05, 3.63) is 17.5 Å². The molecule has 6 nitrogen and oxygen atoms in total. The summed E-state index contributed by atoms with van der Waals surface area (Å²) in [5.41, 5.74) is 0.948. The van der Waals surface area contributed by atoms with Crippen LogP contribution in [0.3, 0.4) is 0 Å². The largest absolute Gasteiger partial charge is 0.375 e. The molecule has 100 valence electrons. The molecule has 0 bridgehead atoms. The first-order valence-corrected chi connectivity index (χ1v) is 6.10. The van der Waals surface area contributed by atoms with E-state index in [1.54, 1.807) is 7.11 Å². The molecule has 0 atom stereocenters. The van der Waals surface area contributed by atoms with E-state index in [1.807, 2.05) is 17.9 Å². The summed E-state index contributed by atoms with van der Waals surface area (Å²) in [5.74, 6) is 0.897. The number of aryl methyl sites for hydroxylation is 1. The highest BCUT2D eigenvalue weighted by molar-refractivity contribution is 5.77. The van der Waals surface area contributed by atoms with Gasteiger partial charge in [-0.3, -0.25) is 9.69 Å². The number of piperazine rings is 1. The highest BCUT2D eigenvalue weighted by Gasteiger charge is 2.21. The summed E-state index contributed by atoms with van der Waals surface area (Å²) < 4.78 is 9.89. The summed E-state index contributed by atoms with van der Waals surface area (Å²) in [6.07, 6.45) is 0. The van der Waals surface area contributed by atoms with Crippen molar-refractivity contribution in [2.24, 2.45) is 0 Å². The second kappa shape index (κ2) is 5.97. The maximum absolute atomic E-state index is 11.6. The number of aromatic nitrogens is 1. The van der Waals surface area contributed by atoms with Crippen LogP contribution in [0.25, 0.3) is 0 Å². The van der Waals surface area contributed by atoms with Crippen molar-refractivity contribution in [1.82, 2.24) is 15.0 Å². The summed E-state index contributed by atoms with van der Waals surface area (Å²) in [4.78, 5) is 15.7. The van der Waals surface area contributed by atoms with Gasteiger partial charge in [0.1, 0.15) is 12.4 Å². The second-order valence-corrected chi connectivity index (χ2v) is 4.52. The molecule has 0 aromatic carbocycles. The zero-order valence-corrected chi connectivity index (χ0v) is 10.9. The molecule has 0 spiro atoms. The Labute approximate surface area is 106 Å². The van der Waals surface area contributed by atoms with E-state index in [-0.39, 0.29) is 12.5 Å². The molecule has 0 aliphatic carbocycles. The lowest BCUT2D eigenvalue weighted by atomic mass is 10.3. The van der Waals surface area contributed by atoms with E-state index in [9.17, 15) is 4.79 Å². The van der Waals surface area contributed by atoms with Gasteiger partial charge in [0.25, 0.3) is 0 Å². The molecule has 0 unspecified atom stereocenters. The lowest BCUT2D eigenvalue weighted by Gasteiger charge is -2.34. The van der Waals surface area contributed by atoms with Gasteiger partial charge in [0.2, 0.25) is 5.91 Å². The quantitative estimate of drug-likeness (QED) is 0.771. The van der Waals surface area contributed by atoms with Crippen LogP contribution in [0.1, 0.15) is 11.5 Å². The zero-order valence-electron chi connectivity index (χ0n) is 10.9. The summed E-state index contributed by atoms with van der Waals surface area (Å²) in [7, 11) is 1.54. The predicted octanol–water partition coefficient (Wildman–Crippen LogP) is 0.274. The molecule has 1 amide bonds. The Balaban J connectivity index is 1.78. The van der Waals surface area contributed by atoms with Crippen molar-refractivity contribution in [2.75, 3.05) is 39.9 Å². The average Bonchev–Trinajstić information content (AvgIpc) is 2.76. The minimum atomic E-state index is 0.0643. The zero-order chi connectivity index (χ0) is 13.0. The van der Waals surface area contributed by atoms with Gasteiger partial charge in [-0.15, -0.1) is 0 Å². The molecular weight excluding hydrogens is 234 g/mol. The molecule has 0 saturated carbocycles. The van der Waals surface area contributed by atoms with Gasteiger partial charge in [-0.1, -0.05) is 5.16 Å². The van der Waals surface area contributed by atoms with E-state index in [0.29, 0.717) is 0 Å². The SMILES string of the molecule is COCC(=O)N1CCN(Cc2cc(C)on2)CC1. The van der Waals surface area contributed by atoms with Gasteiger partial charge < -0.3 is 14.2 Å². The maximum atomic E-state index is 11.6. The molecule has 6 heteroatoms. The van der Waals surface area contributed by atoms with E-state index in [4.69, 9.17) is 9.26 Å². The van der Waals surface area contributed by atoms with E-state index in [0.717, 1.165) is 44.2 Å². The monoisotopic (exact) mass is 253 g/mol. The molecular formula is C12H19N3O3. The number of amides is 1. The minimum absolute atomic E-state index is 0.0643. The Morgan fingerprint density at radius 2 is 2.17 bits per heavy atom. The highest BCUT2D eigenvalue weighted by atomic mass is 16.5. The van der Waals surface area contributed by atoms with Crippen LogP contribution in [0.5, 0.6) is 0 Å². The van der Waals surface area contributed by atoms with Crippen molar-refractivity contribution in [3.63, 3.8) is 0 Å². The third-order valence-corrected chi connectivity index (χ3v) is 3.06. The Bertz CT molecular complexity index is 397. The fourth-order valence-corrected chi connectivity index (χ4v) is 2.09. The van der Waals surface area contributed by atoms with E-state index in [2.05, 4.69) is 10.1 Å². The van der Waals surface area contributed by atoms with Gasteiger partial charge in [0.15, 0.2) is 0 Å². The van der Waals surface area contributed by atoms with Crippen LogP contribution in [0, 0.1) is 6.92 Å². The van der Waals surface area contributed by atoms with Gasteiger partial charge in [-0.25, -0.2) is 0 Å². The predicted molar refractivity (Wildman–Crippen MR) is 65.0 cm³/mol. The summed E-state index contributed by atoms with van der Waals surface area (Å²) in [5, 5.41) is 3.98. The van der Waals surface area contributed by atoms with Crippen LogP contribution in [0.4, 0.5) is 0 Å². The molecule has 1 fully saturated rings. The number of carbonyl (C=O) groups excluding carboxylic acids is 1. The Kier molecular flexibility index (Phi) is 4.33. The molecule has 18 heavy (non-hydrogen) atoms. The highest BCUT2D eigenvalue weighted by Crippen LogP contribution is 2.09. The summed E-state index contributed by atoms with van der Waals surface area (Å²) >= 11 is 0. The molecule has 2 rings (SSSR count). The smallest absolute Gasteiger partial charge is 0.248 e. The molecule has 1 aliphatic heterocycles. The average molecular weight is 253 g/mol. The molecule has 1 aromatic rings. The standard InChI is InChI=1S/C12H19N3O3/c1-10-7-11(13-18-10)8-14-3-5-15(6-4-14)12(16)9-17-2/h7H,3-6,8-9H2,1-2H3. The van der Waals surface area contributed by atoms with Gasteiger partial charge >= 0.3 is 0 Å². The van der Waals surface area contributed by atoms with Crippen LogP contribution in [0.2, 0.25) is 0 Å². The number of methoxy groups -OCH3 is 1. The molecule has 0 radical (unpaired) electrons. The first-order valence-electron chi connectivity index (χ1n) is 6.10. The van der Waals surface area contributed by atoms with Crippen LogP contribution in [-0.2, 0) is 16.1 Å². The number of ether oxygens (including phenoxy) is 1. The van der Waals surface area contributed by atoms with E-state index < -0.39 is 0 Å². The summed E-state index contributed by atoms with van der Waals surface area (Å²) in [6.45, 7) is 6.06. The number of rotatable bonds is 4. The van der Waals surface area contributed by atoms with Crippen LogP contribution in [-0.4, -0.2) is 60.8 Å². The lowest BCUT2D eigenvalue weighted by Crippen LogP contribution is -2.49. The first-order chi connectivity index (χ1) is 8.69. The Morgan fingerprint density at radius 1 is 1.44 bits per heavy atom. The number of hydrogen-bond acceptors (Lipinski definition) is 5. The first kappa shape index (κ1) is 13.0. The molecule has 1 aromatic heterocycles. The van der Waals surface area contributed by atoms with E-state index >= 15 is 0 Å². The van der Waals surface area contributed by atoms with Crippen molar-refractivity contribution in [3.8, 4) is 0 Å². The van der Waals surface area contributed by atoms with Crippen LogP contribution < -0.4 is 0 Å². The fraction of sp³-hybridized carbons (Fsp3) is 0.667. The van der Waals surface area contributed by atoms with Gasteiger partial charge in [0, 0.05) is 45.9 Å². The fourth-order valence-electron chi connectivity index (χ4n) is 2.09. The number of hydrogen-bond donors (Lipinski definition) is 0. The van der Waals surface area contributed by atoms with Crippen molar-refractivity contribution < 1.29 is 14.1 Å². The molecule has 2 heterocycles. The molecule has 0 N–H and O–H groups in total. The Hall–Kier alpha value is -1.40. The minimum Gasteiger partial charge on any atom is -0.375 e. The van der Waals surface area contributed by atoms with Gasteiger partial charge in [-0.2, -0.15) is 0 Å². The van der Waals surface area contributed by atoms with Crippen LogP contribution >= 0.6 is 0 Å².